The summed E-state index contributed by atoms with van der Waals surface area (Å²) in [5.41, 5.74) is 1.00. The van der Waals surface area contributed by atoms with E-state index in [0.29, 0.717) is 18.9 Å². The SMILES string of the molecule is CCCOc1ccc(OCC(=O)NCc2ccncc2)cc1. The van der Waals surface area contributed by atoms with Gasteiger partial charge in [-0.25, -0.2) is 0 Å². The fraction of sp³-hybridized carbons (Fsp3) is 0.294. The smallest absolute Gasteiger partial charge is 0.258 e. The quantitative estimate of drug-likeness (QED) is 0.814. The number of ether oxygens (including phenoxy) is 2. The van der Waals surface area contributed by atoms with Gasteiger partial charge in [-0.15, -0.1) is 0 Å². The number of aromatic nitrogens is 1. The number of carbonyl (C=O) groups is 1. The summed E-state index contributed by atoms with van der Waals surface area (Å²) in [6, 6.07) is 11.0. The molecule has 0 fully saturated rings. The van der Waals surface area contributed by atoms with Gasteiger partial charge < -0.3 is 14.8 Å². The molecule has 22 heavy (non-hydrogen) atoms. The number of pyridine rings is 1. The van der Waals surface area contributed by atoms with Crippen molar-refractivity contribution in [1.82, 2.24) is 10.3 Å². The highest BCUT2D eigenvalue weighted by atomic mass is 16.5. The Morgan fingerprint density at radius 2 is 1.68 bits per heavy atom. The molecule has 1 heterocycles. The summed E-state index contributed by atoms with van der Waals surface area (Å²) < 4.78 is 10.9. The van der Waals surface area contributed by atoms with E-state index in [4.69, 9.17) is 9.47 Å². The molecule has 1 aromatic carbocycles. The minimum Gasteiger partial charge on any atom is -0.494 e. The Balaban J connectivity index is 1.71. The molecule has 0 saturated carbocycles. The van der Waals surface area contributed by atoms with E-state index in [1.165, 1.54) is 0 Å². The van der Waals surface area contributed by atoms with Crippen molar-refractivity contribution in [3.63, 3.8) is 0 Å². The predicted molar refractivity (Wildman–Crippen MR) is 83.8 cm³/mol. The molecule has 0 saturated heterocycles. The molecule has 0 spiro atoms. The molecule has 1 N–H and O–H groups in total. The third kappa shape index (κ3) is 5.44. The molecule has 0 radical (unpaired) electrons. The molecule has 5 nitrogen and oxygen atoms in total. The van der Waals surface area contributed by atoms with E-state index < -0.39 is 0 Å². The van der Waals surface area contributed by atoms with Crippen molar-refractivity contribution in [2.24, 2.45) is 0 Å². The highest BCUT2D eigenvalue weighted by Gasteiger charge is 2.03. The number of benzene rings is 1. The molecule has 0 aliphatic rings. The van der Waals surface area contributed by atoms with Crippen molar-refractivity contribution >= 4 is 5.91 Å². The minimum absolute atomic E-state index is 0.0136. The van der Waals surface area contributed by atoms with Gasteiger partial charge in [-0.05, 0) is 48.4 Å². The van der Waals surface area contributed by atoms with Crippen LogP contribution in [0.1, 0.15) is 18.9 Å². The van der Waals surface area contributed by atoms with E-state index >= 15 is 0 Å². The highest BCUT2D eigenvalue weighted by molar-refractivity contribution is 5.77. The van der Waals surface area contributed by atoms with Gasteiger partial charge in [0.15, 0.2) is 6.61 Å². The first-order chi connectivity index (χ1) is 10.8. The molecule has 0 bridgehead atoms. The van der Waals surface area contributed by atoms with E-state index in [1.54, 1.807) is 24.5 Å². The summed E-state index contributed by atoms with van der Waals surface area (Å²) in [5, 5.41) is 2.79. The van der Waals surface area contributed by atoms with E-state index in [9.17, 15) is 4.79 Å². The average molecular weight is 300 g/mol. The van der Waals surface area contributed by atoms with Crippen LogP contribution in [0.4, 0.5) is 0 Å². The summed E-state index contributed by atoms with van der Waals surface area (Å²) >= 11 is 0. The molecule has 1 aromatic heterocycles. The van der Waals surface area contributed by atoms with Gasteiger partial charge in [0.05, 0.1) is 6.61 Å². The van der Waals surface area contributed by atoms with Gasteiger partial charge in [0, 0.05) is 18.9 Å². The van der Waals surface area contributed by atoms with Crippen LogP contribution in [0.15, 0.2) is 48.8 Å². The predicted octanol–water partition coefficient (Wildman–Crippen LogP) is 2.57. The standard InChI is InChI=1S/C17H20N2O3/c1-2-11-21-15-3-5-16(6-4-15)22-13-17(20)19-12-14-7-9-18-10-8-14/h3-10H,2,11-13H2,1H3,(H,19,20). The van der Waals surface area contributed by atoms with Crippen LogP contribution in [-0.4, -0.2) is 24.1 Å². The molecule has 0 aliphatic heterocycles. The van der Waals surface area contributed by atoms with Gasteiger partial charge in [-0.3, -0.25) is 9.78 Å². The summed E-state index contributed by atoms with van der Waals surface area (Å²) in [7, 11) is 0. The number of amides is 1. The van der Waals surface area contributed by atoms with Crippen molar-refractivity contribution in [3.8, 4) is 11.5 Å². The average Bonchev–Trinajstić information content (AvgIpc) is 2.58. The van der Waals surface area contributed by atoms with Crippen LogP contribution in [0.2, 0.25) is 0 Å². The van der Waals surface area contributed by atoms with Crippen molar-refractivity contribution in [1.29, 1.82) is 0 Å². The molecular formula is C17H20N2O3. The van der Waals surface area contributed by atoms with Gasteiger partial charge in [0.2, 0.25) is 0 Å². The fourth-order valence-electron chi connectivity index (χ4n) is 1.75. The van der Waals surface area contributed by atoms with E-state index in [0.717, 1.165) is 17.7 Å². The molecule has 0 aliphatic carbocycles. The Morgan fingerprint density at radius 3 is 2.32 bits per heavy atom. The fourth-order valence-corrected chi connectivity index (χ4v) is 1.75. The van der Waals surface area contributed by atoms with Crippen molar-refractivity contribution in [2.45, 2.75) is 19.9 Å². The van der Waals surface area contributed by atoms with Crippen molar-refractivity contribution in [3.05, 3.63) is 54.4 Å². The number of carbonyl (C=O) groups excluding carboxylic acids is 1. The lowest BCUT2D eigenvalue weighted by Crippen LogP contribution is -2.28. The minimum atomic E-state index is -0.164. The molecule has 116 valence electrons. The zero-order chi connectivity index (χ0) is 15.6. The normalized spacial score (nSPS) is 10.0. The van der Waals surface area contributed by atoms with Crippen LogP contribution in [0.5, 0.6) is 11.5 Å². The third-order valence-corrected chi connectivity index (χ3v) is 2.91. The van der Waals surface area contributed by atoms with Gasteiger partial charge in [0.1, 0.15) is 11.5 Å². The van der Waals surface area contributed by atoms with Crippen molar-refractivity contribution in [2.75, 3.05) is 13.2 Å². The maximum Gasteiger partial charge on any atom is 0.258 e. The molecule has 0 atom stereocenters. The first-order valence-electron chi connectivity index (χ1n) is 7.29. The Bertz CT molecular complexity index is 570. The monoisotopic (exact) mass is 300 g/mol. The Labute approximate surface area is 130 Å². The van der Waals surface area contributed by atoms with E-state index in [-0.39, 0.29) is 12.5 Å². The lowest BCUT2D eigenvalue weighted by atomic mass is 10.3. The Hall–Kier alpha value is -2.56. The second-order valence-corrected chi connectivity index (χ2v) is 4.74. The van der Waals surface area contributed by atoms with Crippen LogP contribution in [0, 0.1) is 0 Å². The maximum absolute atomic E-state index is 11.7. The van der Waals surface area contributed by atoms with E-state index in [1.807, 2.05) is 24.3 Å². The molecule has 0 unspecified atom stereocenters. The molecular weight excluding hydrogens is 280 g/mol. The summed E-state index contributed by atoms with van der Waals surface area (Å²) in [4.78, 5) is 15.6. The zero-order valence-corrected chi connectivity index (χ0v) is 12.6. The summed E-state index contributed by atoms with van der Waals surface area (Å²) in [6.07, 6.45) is 4.36. The molecule has 2 aromatic rings. The summed E-state index contributed by atoms with van der Waals surface area (Å²) in [6.45, 7) is 3.20. The summed E-state index contributed by atoms with van der Waals surface area (Å²) in [5.74, 6) is 1.28. The van der Waals surface area contributed by atoms with Gasteiger partial charge in [-0.2, -0.15) is 0 Å². The lowest BCUT2D eigenvalue weighted by Gasteiger charge is -2.09. The van der Waals surface area contributed by atoms with E-state index in [2.05, 4.69) is 17.2 Å². The van der Waals surface area contributed by atoms with Crippen LogP contribution >= 0.6 is 0 Å². The first kappa shape index (κ1) is 15.8. The van der Waals surface area contributed by atoms with Crippen LogP contribution in [0.3, 0.4) is 0 Å². The second kappa shape index (κ2) is 8.67. The third-order valence-electron chi connectivity index (χ3n) is 2.91. The number of rotatable bonds is 8. The number of nitrogens with one attached hydrogen (secondary N) is 1. The second-order valence-electron chi connectivity index (χ2n) is 4.74. The van der Waals surface area contributed by atoms with Crippen LogP contribution < -0.4 is 14.8 Å². The maximum atomic E-state index is 11.7. The number of hydrogen-bond acceptors (Lipinski definition) is 4. The number of nitrogens with zero attached hydrogens (tertiary/aromatic N) is 1. The highest BCUT2D eigenvalue weighted by Crippen LogP contribution is 2.17. The van der Waals surface area contributed by atoms with Gasteiger partial charge >= 0.3 is 0 Å². The first-order valence-corrected chi connectivity index (χ1v) is 7.29. The molecule has 2 rings (SSSR count). The zero-order valence-electron chi connectivity index (χ0n) is 12.6. The number of hydrogen-bond donors (Lipinski definition) is 1. The van der Waals surface area contributed by atoms with Crippen LogP contribution in [0.25, 0.3) is 0 Å². The molecule has 5 heteroatoms. The lowest BCUT2D eigenvalue weighted by molar-refractivity contribution is -0.123. The Morgan fingerprint density at radius 1 is 1.05 bits per heavy atom. The topological polar surface area (TPSA) is 60.5 Å². The van der Waals surface area contributed by atoms with Gasteiger partial charge in [0.25, 0.3) is 5.91 Å². The van der Waals surface area contributed by atoms with Crippen LogP contribution in [-0.2, 0) is 11.3 Å². The largest absolute Gasteiger partial charge is 0.494 e. The molecule has 1 amide bonds. The van der Waals surface area contributed by atoms with Gasteiger partial charge in [-0.1, -0.05) is 6.92 Å². The Kier molecular flexibility index (Phi) is 6.23. The van der Waals surface area contributed by atoms with Crippen molar-refractivity contribution < 1.29 is 14.3 Å².